The number of amides is 6. The molecule has 6 aromatic rings. The second kappa shape index (κ2) is 44.9. The smallest absolute Gasteiger partial charge is 0.260 e. The number of nitrogens with zero attached hydrogens (tertiary/aromatic N) is 7. The third-order valence-corrected chi connectivity index (χ3v) is 24.7. The minimum absolute atomic E-state index is 0.00393. The summed E-state index contributed by atoms with van der Waals surface area (Å²) in [6, 6.07) is 37.8. The molecule has 10 N–H and O–H groups in total. The van der Waals surface area contributed by atoms with E-state index in [0.29, 0.717) is 179 Å². The molecule has 6 amide bonds. The summed E-state index contributed by atoms with van der Waals surface area (Å²) in [4.78, 5) is 97.6. The number of benzene rings is 5. The van der Waals surface area contributed by atoms with Crippen LogP contribution < -0.4 is 43.4 Å². The van der Waals surface area contributed by atoms with Gasteiger partial charge in [-0.1, -0.05) is 158 Å². The van der Waals surface area contributed by atoms with E-state index in [2.05, 4.69) is 80.0 Å². The van der Waals surface area contributed by atoms with Crippen LogP contribution in [0.3, 0.4) is 0 Å². The van der Waals surface area contributed by atoms with Crippen molar-refractivity contribution >= 4 is 98.7 Å². The monoisotopic (exact) mass is 1680 g/mol. The molecule has 0 bridgehead atoms. The zero-order valence-corrected chi connectivity index (χ0v) is 69.7. The molecule has 21 nitrogen and oxygen atoms in total. The van der Waals surface area contributed by atoms with E-state index in [-0.39, 0.29) is 103 Å². The SMILES string of the molecule is CC[C@H](CN1CC[C@@H](CNC(=O)c2ccc(Cl)c(Cl)c2)N[C@@H](CCN2CCC(F)(F)CC2)C1=O)c1ccccc1.CC[C@H](CN1CC[C@@H](CNC(=O)c2ccc(Cl)c(Cl)c2)N[C@@H](CCN2CCCC(F)(F)C2)C1=O)c1ccccc1.NC(N)=NCCC[C@@H]1N[C@H](CNC(=O)c2cnc3ccccc3c2)CCN(CC2CCCCC2)C1=O. The summed E-state index contributed by atoms with van der Waals surface area (Å²) in [7, 11) is 0. The fraction of sp³-hybridized carbons (Fsp3) is 0.540. The fourth-order valence-electron chi connectivity index (χ4n) is 16.4. The largest absolute Gasteiger partial charge is 0.370 e. The van der Waals surface area contributed by atoms with Crippen LogP contribution in [-0.2, 0) is 14.4 Å². The Kier molecular flexibility index (Phi) is 35.1. The molecule has 0 spiro atoms. The van der Waals surface area contributed by atoms with E-state index >= 15 is 0 Å². The number of para-hydroxylation sites is 1. The molecular weight excluding hydrogens is 1570 g/mol. The Balaban J connectivity index is 0.000000184. The van der Waals surface area contributed by atoms with Gasteiger partial charge in [-0.05, 0) is 149 Å². The maximum Gasteiger partial charge on any atom is 0.260 e. The molecule has 5 saturated heterocycles. The predicted molar refractivity (Wildman–Crippen MR) is 453 cm³/mol. The van der Waals surface area contributed by atoms with Crippen LogP contribution in [0.5, 0.6) is 0 Å². The molecule has 0 unspecified atom stereocenters. The molecule has 1 saturated carbocycles. The van der Waals surface area contributed by atoms with Gasteiger partial charge in [0.25, 0.3) is 29.6 Å². The van der Waals surface area contributed by atoms with Crippen LogP contribution in [0.4, 0.5) is 17.6 Å². The van der Waals surface area contributed by atoms with Gasteiger partial charge in [-0.25, -0.2) is 17.6 Å². The summed E-state index contributed by atoms with van der Waals surface area (Å²) in [5.41, 5.74) is 15.5. The first kappa shape index (κ1) is 90.6. The second-order valence-corrected chi connectivity index (χ2v) is 33.4. The number of alkyl halides is 4. The highest BCUT2D eigenvalue weighted by Gasteiger charge is 2.40. The number of piperidine rings is 2. The molecular formula is C87H115Cl4F4N15O6. The lowest BCUT2D eigenvalue weighted by Crippen LogP contribution is -2.51. The van der Waals surface area contributed by atoms with Crippen LogP contribution >= 0.6 is 46.4 Å². The van der Waals surface area contributed by atoms with Crippen molar-refractivity contribution in [2.45, 2.75) is 189 Å². The summed E-state index contributed by atoms with van der Waals surface area (Å²) in [6.07, 6.45) is 14.1. The number of aliphatic imine (C=N–C) groups is 1. The first-order valence-corrected chi connectivity index (χ1v) is 42.9. The molecule has 6 aliphatic rings. The van der Waals surface area contributed by atoms with Crippen LogP contribution in [0.25, 0.3) is 10.9 Å². The molecule has 5 aromatic carbocycles. The van der Waals surface area contributed by atoms with Crippen molar-refractivity contribution in [2.24, 2.45) is 22.4 Å². The molecule has 630 valence electrons. The van der Waals surface area contributed by atoms with Gasteiger partial charge in [-0.3, -0.25) is 43.6 Å². The first-order chi connectivity index (χ1) is 55.8. The van der Waals surface area contributed by atoms with E-state index in [4.69, 9.17) is 57.9 Å². The van der Waals surface area contributed by atoms with Gasteiger partial charge in [-0.15, -0.1) is 0 Å². The average molecular weight is 1680 g/mol. The van der Waals surface area contributed by atoms with Gasteiger partial charge in [0, 0.05) is 164 Å². The fourth-order valence-corrected chi connectivity index (χ4v) is 17.0. The van der Waals surface area contributed by atoms with Crippen LogP contribution in [0.15, 0.2) is 139 Å². The molecule has 6 heterocycles. The normalized spacial score (nSPS) is 22.1. The Morgan fingerprint density at radius 3 is 1.47 bits per heavy atom. The predicted octanol–water partition coefficient (Wildman–Crippen LogP) is 13.4. The average Bonchev–Trinajstić information content (AvgIpc) is 1.62. The molecule has 6 fully saturated rings. The molecule has 12 rings (SSSR count). The van der Waals surface area contributed by atoms with E-state index in [1.807, 2.05) is 86.3 Å². The number of aromatic nitrogens is 1. The zero-order chi connectivity index (χ0) is 82.7. The zero-order valence-electron chi connectivity index (χ0n) is 66.7. The van der Waals surface area contributed by atoms with E-state index in [1.54, 1.807) is 35.4 Å². The Morgan fingerprint density at radius 1 is 0.517 bits per heavy atom. The summed E-state index contributed by atoms with van der Waals surface area (Å²) in [5.74, 6) is -4.79. The van der Waals surface area contributed by atoms with Crippen molar-refractivity contribution in [3.63, 3.8) is 0 Å². The number of hydrogen-bond acceptors (Lipinski definition) is 13. The Labute approximate surface area is 700 Å². The van der Waals surface area contributed by atoms with Gasteiger partial charge in [-0.2, -0.15) is 0 Å². The van der Waals surface area contributed by atoms with Crippen LogP contribution in [0, 0.1) is 5.92 Å². The molecule has 29 heteroatoms. The van der Waals surface area contributed by atoms with Crippen molar-refractivity contribution in [1.82, 2.24) is 61.4 Å². The lowest BCUT2D eigenvalue weighted by molar-refractivity contribution is -0.134. The number of carbonyl (C=O) groups is 6. The highest BCUT2D eigenvalue weighted by Crippen LogP contribution is 2.33. The first-order valence-electron chi connectivity index (χ1n) is 41.4. The number of guanidine groups is 1. The number of halogens is 8. The van der Waals surface area contributed by atoms with Gasteiger partial charge in [0.05, 0.1) is 55.8 Å². The second-order valence-electron chi connectivity index (χ2n) is 31.8. The van der Waals surface area contributed by atoms with E-state index in [9.17, 15) is 46.3 Å². The molecule has 5 aliphatic heterocycles. The van der Waals surface area contributed by atoms with Gasteiger partial charge in [0.15, 0.2) is 5.96 Å². The topological polar surface area (TPSA) is 268 Å². The number of nitrogens with one attached hydrogen (secondary N) is 6. The van der Waals surface area contributed by atoms with Crippen molar-refractivity contribution < 1.29 is 46.3 Å². The van der Waals surface area contributed by atoms with Gasteiger partial charge in [0.1, 0.15) is 0 Å². The minimum atomic E-state index is -2.69. The standard InChI is InChI=1S/2C30H38Cl2F2N4O2.C27H39N7O2/c1-2-21(22-7-4-3-5-8-22)19-38-16-11-24(18-35-28(39)23-9-10-25(31)26(32)17-23)36-27(29(38)40)12-15-37-14-6-13-30(33,34)20-37;1-2-21(22-6-4-3-5-7-22)20-38-15-10-24(19-35-28(39)23-8-9-25(31)26(32)18-23)36-27(29(38)40)11-14-37-16-12-30(33,34)13-17-37;28-27(29)30-13-6-11-24-26(36)34(18-19-7-2-1-3-8-19)14-12-22(33-24)17-32-25(35)21-15-20-9-4-5-10-23(20)31-16-21/h3-5,7-10,17,21,24,27,36H,2,6,11-16,18-20H2,1H3,(H,35,39);3-9,18,21,24,27,36H,2,10-17,19-20H2,1H3,(H,35,39);4-5,9-10,15-16,19,22,24,33H,1-3,6-8,11-14,17-18H2,(H,32,35)(H4,28,29,30)/t2*21-,24+,27+;22-,24-/m110/s1. The molecule has 1 aliphatic carbocycles. The maximum atomic E-state index is 14.0. The van der Waals surface area contributed by atoms with Gasteiger partial charge >= 0.3 is 0 Å². The van der Waals surface area contributed by atoms with Gasteiger partial charge < -0.3 is 63.0 Å². The Bertz CT molecular complexity index is 4200. The number of nitrogens with two attached hydrogens (primary N) is 2. The van der Waals surface area contributed by atoms with Crippen molar-refractivity contribution in [1.29, 1.82) is 0 Å². The van der Waals surface area contributed by atoms with E-state index in [0.717, 1.165) is 36.7 Å². The molecule has 8 atom stereocenters. The summed E-state index contributed by atoms with van der Waals surface area (Å²) in [6.45, 7) is 11.6. The highest BCUT2D eigenvalue weighted by atomic mass is 35.5. The number of pyridine rings is 1. The van der Waals surface area contributed by atoms with Crippen LogP contribution in [-0.4, -0.2) is 224 Å². The minimum Gasteiger partial charge on any atom is -0.370 e. The third kappa shape index (κ3) is 28.0. The highest BCUT2D eigenvalue weighted by molar-refractivity contribution is 6.42. The number of carbonyl (C=O) groups excluding carboxylic acids is 6. The number of likely N-dealkylation sites (tertiary alicyclic amines) is 2. The summed E-state index contributed by atoms with van der Waals surface area (Å²) >= 11 is 24.1. The lowest BCUT2D eigenvalue weighted by Gasteiger charge is -2.34. The number of rotatable bonds is 29. The van der Waals surface area contributed by atoms with Crippen molar-refractivity contribution in [2.75, 3.05) is 105 Å². The third-order valence-electron chi connectivity index (χ3n) is 23.2. The molecule has 0 radical (unpaired) electrons. The molecule has 1 aromatic heterocycles. The Morgan fingerprint density at radius 2 is 0.983 bits per heavy atom. The maximum absolute atomic E-state index is 14.0. The van der Waals surface area contributed by atoms with Crippen LogP contribution in [0.1, 0.15) is 183 Å². The summed E-state index contributed by atoms with van der Waals surface area (Å²) < 4.78 is 55.3. The van der Waals surface area contributed by atoms with E-state index < -0.39 is 23.9 Å². The summed E-state index contributed by atoms with van der Waals surface area (Å²) in [5, 5.41) is 21.7. The van der Waals surface area contributed by atoms with Gasteiger partial charge in [0.2, 0.25) is 17.7 Å². The quantitative estimate of drug-likeness (QED) is 0.00940. The lowest BCUT2D eigenvalue weighted by atomic mass is 9.89. The number of hydrogen-bond donors (Lipinski definition) is 8. The van der Waals surface area contributed by atoms with E-state index in [1.165, 1.54) is 55.4 Å². The van der Waals surface area contributed by atoms with Crippen molar-refractivity contribution in [3.8, 4) is 0 Å². The Hall–Kier alpha value is -7.72. The molecule has 116 heavy (non-hydrogen) atoms. The van der Waals surface area contributed by atoms with Crippen molar-refractivity contribution in [3.05, 3.63) is 181 Å². The van der Waals surface area contributed by atoms with Crippen LogP contribution in [0.2, 0.25) is 20.1 Å². The number of fused-ring (bicyclic) bond motifs is 1.